The van der Waals surface area contributed by atoms with Crippen LogP contribution in [0.25, 0.3) is 0 Å². The van der Waals surface area contributed by atoms with Crippen LogP contribution in [0, 0.1) is 6.92 Å². The predicted molar refractivity (Wildman–Crippen MR) is 65.2 cm³/mol. The molecule has 0 aromatic heterocycles. The van der Waals surface area contributed by atoms with Gasteiger partial charge in [-0.1, -0.05) is 25.4 Å². The van der Waals surface area contributed by atoms with Crippen LogP contribution >= 0.6 is 11.6 Å². The van der Waals surface area contributed by atoms with E-state index in [1.807, 2.05) is 32.9 Å². The molecular weight excluding hydrogens is 218 g/mol. The van der Waals surface area contributed by atoms with Gasteiger partial charge in [-0.2, -0.15) is 0 Å². The zero-order valence-electron chi connectivity index (χ0n) is 8.93. The van der Waals surface area contributed by atoms with Crippen molar-refractivity contribution in [2.24, 2.45) is 0 Å². The normalized spacial score (nSPS) is 11.2. The first-order chi connectivity index (χ1) is 6.59. The second-order valence-electron chi connectivity index (χ2n) is 2.52. The molecule has 0 spiro atoms. The molecule has 1 atom stereocenters. The van der Waals surface area contributed by atoms with Gasteiger partial charge in [0.2, 0.25) is 0 Å². The minimum Gasteiger partial charge on any atom is -0.305 e. The molecule has 0 saturated heterocycles. The number of aryl methyl sites for hydroxylation is 1. The van der Waals surface area contributed by atoms with Crippen LogP contribution in [-0.4, -0.2) is 10.5 Å². The first-order valence-electron chi connectivity index (χ1n) is 4.46. The molecule has 1 rings (SSSR count). The van der Waals surface area contributed by atoms with E-state index >= 15 is 0 Å². The summed E-state index contributed by atoms with van der Waals surface area (Å²) in [5, 5.41) is 0.694. The van der Waals surface area contributed by atoms with Crippen LogP contribution in [0.4, 0.5) is 5.69 Å². The van der Waals surface area contributed by atoms with E-state index in [1.54, 1.807) is 12.3 Å². The smallest absolute Gasteiger partial charge is 0.113 e. The summed E-state index contributed by atoms with van der Waals surface area (Å²) in [5.74, 6) is 0. The second kappa shape index (κ2) is 6.85. The number of nitrogens with one attached hydrogen (secondary N) is 1. The number of benzene rings is 1. The topological polar surface area (TPSA) is 29.1 Å². The van der Waals surface area contributed by atoms with Crippen molar-refractivity contribution < 1.29 is 4.21 Å². The summed E-state index contributed by atoms with van der Waals surface area (Å²) >= 11 is 5.75. The second-order valence-corrected chi connectivity index (χ2v) is 4.06. The Morgan fingerprint density at radius 1 is 1.36 bits per heavy atom. The van der Waals surface area contributed by atoms with Gasteiger partial charge in [0.15, 0.2) is 0 Å². The van der Waals surface area contributed by atoms with Gasteiger partial charge in [-0.05, 0) is 30.7 Å². The van der Waals surface area contributed by atoms with Gasteiger partial charge in [0, 0.05) is 17.0 Å². The number of halogens is 1. The van der Waals surface area contributed by atoms with Gasteiger partial charge in [-0.3, -0.25) is 0 Å². The van der Waals surface area contributed by atoms with Gasteiger partial charge < -0.3 is 4.72 Å². The number of hydrogen-bond donors (Lipinski definition) is 1. The van der Waals surface area contributed by atoms with Crippen LogP contribution in [0.5, 0.6) is 0 Å². The van der Waals surface area contributed by atoms with Gasteiger partial charge in [0.1, 0.15) is 11.0 Å². The van der Waals surface area contributed by atoms with Crippen molar-refractivity contribution in [2.75, 3.05) is 11.0 Å². The third-order valence-electron chi connectivity index (χ3n) is 1.44. The Hall–Kier alpha value is -0.540. The van der Waals surface area contributed by atoms with Crippen LogP contribution in [0.2, 0.25) is 5.02 Å². The van der Waals surface area contributed by atoms with Gasteiger partial charge in [-0.25, -0.2) is 4.21 Å². The summed E-state index contributed by atoms with van der Waals surface area (Å²) in [6, 6.07) is 5.42. The molecule has 0 saturated carbocycles. The van der Waals surface area contributed by atoms with Gasteiger partial charge >= 0.3 is 0 Å². The molecule has 0 radical (unpaired) electrons. The molecule has 4 heteroatoms. The Morgan fingerprint density at radius 2 is 1.93 bits per heavy atom. The summed E-state index contributed by atoms with van der Waals surface area (Å²) in [7, 11) is -1.03. The Balaban J connectivity index is 0.000000791. The predicted octanol–water partition coefficient (Wildman–Crippen LogP) is 3.38. The summed E-state index contributed by atoms with van der Waals surface area (Å²) in [6.45, 7) is 5.92. The molecule has 0 amide bonds. The molecule has 2 nitrogen and oxygen atoms in total. The minimum absolute atomic E-state index is 0.694. The standard InChI is InChI=1S/C8H10ClNOS.C2H6/c1-6-5-7(9)3-4-8(6)10-12(2)11;1-2/h3-5,10H,1-2H3;1-2H3. The van der Waals surface area contributed by atoms with Crippen LogP contribution in [0.15, 0.2) is 18.2 Å². The SMILES string of the molecule is CC.Cc1cc(Cl)ccc1NS(C)=O. The Labute approximate surface area is 93.3 Å². The average molecular weight is 234 g/mol. The lowest BCUT2D eigenvalue weighted by Crippen LogP contribution is -2.02. The monoisotopic (exact) mass is 233 g/mol. The summed E-state index contributed by atoms with van der Waals surface area (Å²) in [5.41, 5.74) is 1.86. The zero-order valence-corrected chi connectivity index (χ0v) is 10.5. The Morgan fingerprint density at radius 3 is 2.36 bits per heavy atom. The van der Waals surface area contributed by atoms with Crippen LogP contribution in [0.3, 0.4) is 0 Å². The highest BCUT2D eigenvalue weighted by molar-refractivity contribution is 7.85. The van der Waals surface area contributed by atoms with Crippen molar-refractivity contribution >= 4 is 28.3 Å². The average Bonchev–Trinajstić information content (AvgIpc) is 2.13. The fraction of sp³-hybridized carbons (Fsp3) is 0.400. The van der Waals surface area contributed by atoms with E-state index < -0.39 is 11.0 Å². The fourth-order valence-corrected chi connectivity index (χ4v) is 1.66. The molecule has 1 aromatic rings. The highest BCUT2D eigenvalue weighted by Gasteiger charge is 1.98. The van der Waals surface area contributed by atoms with Crippen LogP contribution in [0.1, 0.15) is 19.4 Å². The fourth-order valence-electron chi connectivity index (χ4n) is 0.896. The third-order valence-corrected chi connectivity index (χ3v) is 2.18. The maximum Gasteiger partial charge on any atom is 0.113 e. The molecule has 0 heterocycles. The molecule has 1 aromatic carbocycles. The molecule has 1 N–H and O–H groups in total. The molecule has 0 aliphatic rings. The van der Waals surface area contributed by atoms with Gasteiger partial charge in [0.05, 0.1) is 0 Å². The van der Waals surface area contributed by atoms with Gasteiger partial charge in [-0.15, -0.1) is 0 Å². The van der Waals surface area contributed by atoms with Crippen molar-refractivity contribution in [3.8, 4) is 0 Å². The van der Waals surface area contributed by atoms with Crippen molar-refractivity contribution in [3.63, 3.8) is 0 Å². The van der Waals surface area contributed by atoms with Crippen molar-refractivity contribution in [1.82, 2.24) is 0 Å². The summed E-state index contributed by atoms with van der Waals surface area (Å²) < 4.78 is 13.6. The molecule has 1 unspecified atom stereocenters. The van der Waals surface area contributed by atoms with E-state index in [4.69, 9.17) is 11.6 Å². The quantitative estimate of drug-likeness (QED) is 0.834. The Bertz CT molecular complexity index is 315. The van der Waals surface area contributed by atoms with E-state index in [0.717, 1.165) is 11.3 Å². The molecule has 80 valence electrons. The first-order valence-corrected chi connectivity index (χ1v) is 6.39. The van der Waals surface area contributed by atoms with Gasteiger partial charge in [0.25, 0.3) is 0 Å². The molecule has 0 fully saturated rings. The van der Waals surface area contributed by atoms with E-state index in [2.05, 4.69) is 4.72 Å². The van der Waals surface area contributed by atoms with Crippen molar-refractivity contribution in [3.05, 3.63) is 28.8 Å². The lowest BCUT2D eigenvalue weighted by molar-refractivity contribution is 0.690. The van der Waals surface area contributed by atoms with Crippen LogP contribution < -0.4 is 4.72 Å². The van der Waals surface area contributed by atoms with Crippen molar-refractivity contribution in [2.45, 2.75) is 20.8 Å². The third kappa shape index (κ3) is 4.63. The summed E-state index contributed by atoms with van der Waals surface area (Å²) in [4.78, 5) is 0. The number of hydrogen-bond acceptors (Lipinski definition) is 1. The number of rotatable bonds is 2. The molecule has 0 aliphatic carbocycles. The Kier molecular flexibility index (Phi) is 6.58. The lowest BCUT2D eigenvalue weighted by atomic mass is 10.2. The molecule has 14 heavy (non-hydrogen) atoms. The summed E-state index contributed by atoms with van der Waals surface area (Å²) in [6.07, 6.45) is 1.59. The highest BCUT2D eigenvalue weighted by Crippen LogP contribution is 2.19. The van der Waals surface area contributed by atoms with E-state index in [0.29, 0.717) is 5.02 Å². The first kappa shape index (κ1) is 13.5. The molecule has 0 aliphatic heterocycles. The maximum absolute atomic E-state index is 10.8. The lowest BCUT2D eigenvalue weighted by Gasteiger charge is -2.05. The van der Waals surface area contributed by atoms with E-state index in [-0.39, 0.29) is 0 Å². The maximum atomic E-state index is 10.8. The minimum atomic E-state index is -1.03. The van der Waals surface area contributed by atoms with Crippen molar-refractivity contribution in [1.29, 1.82) is 0 Å². The number of anilines is 1. The molecular formula is C10H16ClNOS. The highest BCUT2D eigenvalue weighted by atomic mass is 35.5. The largest absolute Gasteiger partial charge is 0.305 e. The van der Waals surface area contributed by atoms with E-state index in [9.17, 15) is 4.21 Å². The molecule has 0 bridgehead atoms. The zero-order chi connectivity index (χ0) is 11.1. The van der Waals surface area contributed by atoms with Crippen LogP contribution in [-0.2, 0) is 11.0 Å². The van der Waals surface area contributed by atoms with E-state index in [1.165, 1.54) is 0 Å².